The Morgan fingerprint density at radius 3 is 2.76 bits per heavy atom. The van der Waals surface area contributed by atoms with E-state index in [4.69, 9.17) is 4.74 Å². The molecule has 1 heterocycles. The van der Waals surface area contributed by atoms with E-state index >= 15 is 0 Å². The van der Waals surface area contributed by atoms with Gasteiger partial charge in [-0.2, -0.15) is 0 Å². The highest BCUT2D eigenvalue weighted by molar-refractivity contribution is 5.30. The maximum absolute atomic E-state index is 5.78. The Morgan fingerprint density at radius 1 is 1.29 bits per heavy atom. The molecular weight excluding hydrogens is 260 g/mol. The van der Waals surface area contributed by atoms with Gasteiger partial charge in [-0.05, 0) is 71.2 Å². The summed E-state index contributed by atoms with van der Waals surface area (Å²) in [4.78, 5) is 0. The number of benzene rings is 1. The van der Waals surface area contributed by atoms with Crippen LogP contribution in [0.15, 0.2) is 24.3 Å². The molecule has 3 heteroatoms. The van der Waals surface area contributed by atoms with E-state index in [1.54, 1.807) is 0 Å². The number of hydrogen-bond acceptors (Lipinski definition) is 3. The lowest BCUT2D eigenvalue weighted by Gasteiger charge is -2.23. The molecule has 0 saturated carbocycles. The average Bonchev–Trinajstić information content (AvgIpc) is 2.90. The lowest BCUT2D eigenvalue weighted by atomic mass is 10.0. The van der Waals surface area contributed by atoms with Crippen molar-refractivity contribution in [3.05, 3.63) is 29.8 Å². The standard InChI is InChI=1S/C18H30N2O/c1-13(2)21-18-9-5-7-16(12-18)15(4)20-14(3)11-17-8-6-10-19-17/h5,7,9,12-15,17,19-20H,6,8,10-11H2,1-4H3. The van der Waals surface area contributed by atoms with Gasteiger partial charge in [-0.25, -0.2) is 0 Å². The van der Waals surface area contributed by atoms with E-state index in [9.17, 15) is 0 Å². The van der Waals surface area contributed by atoms with Crippen LogP contribution in [0.4, 0.5) is 0 Å². The van der Waals surface area contributed by atoms with Crippen LogP contribution < -0.4 is 15.4 Å². The topological polar surface area (TPSA) is 33.3 Å². The SMILES string of the molecule is CC(CC1CCCN1)NC(C)c1cccc(OC(C)C)c1. The van der Waals surface area contributed by atoms with Crippen molar-refractivity contribution in [1.82, 2.24) is 10.6 Å². The molecule has 3 atom stereocenters. The summed E-state index contributed by atoms with van der Waals surface area (Å²) in [6.45, 7) is 9.82. The van der Waals surface area contributed by atoms with Crippen molar-refractivity contribution in [2.75, 3.05) is 6.54 Å². The predicted molar refractivity (Wildman–Crippen MR) is 88.9 cm³/mol. The second-order valence-electron chi connectivity index (χ2n) is 6.56. The Hall–Kier alpha value is -1.06. The highest BCUT2D eigenvalue weighted by Crippen LogP contribution is 2.21. The molecule has 0 aromatic heterocycles. The van der Waals surface area contributed by atoms with E-state index in [-0.39, 0.29) is 6.10 Å². The van der Waals surface area contributed by atoms with Crippen molar-refractivity contribution in [2.45, 2.75) is 71.2 Å². The van der Waals surface area contributed by atoms with Crippen LogP contribution in [0, 0.1) is 0 Å². The Balaban J connectivity index is 1.88. The summed E-state index contributed by atoms with van der Waals surface area (Å²) in [5, 5.41) is 7.28. The summed E-state index contributed by atoms with van der Waals surface area (Å²) in [5.74, 6) is 0.960. The van der Waals surface area contributed by atoms with Crippen LogP contribution in [-0.4, -0.2) is 24.7 Å². The summed E-state index contributed by atoms with van der Waals surface area (Å²) in [5.41, 5.74) is 1.29. The Morgan fingerprint density at radius 2 is 2.10 bits per heavy atom. The van der Waals surface area contributed by atoms with Crippen LogP contribution in [0.5, 0.6) is 5.75 Å². The Labute approximate surface area is 129 Å². The van der Waals surface area contributed by atoms with Crippen molar-refractivity contribution in [3.8, 4) is 5.75 Å². The second-order valence-corrected chi connectivity index (χ2v) is 6.56. The Bertz CT molecular complexity index is 427. The van der Waals surface area contributed by atoms with Gasteiger partial charge in [-0.1, -0.05) is 12.1 Å². The van der Waals surface area contributed by atoms with Crippen molar-refractivity contribution in [2.24, 2.45) is 0 Å². The fourth-order valence-electron chi connectivity index (χ4n) is 3.11. The average molecular weight is 290 g/mol. The molecule has 2 N–H and O–H groups in total. The van der Waals surface area contributed by atoms with Crippen molar-refractivity contribution >= 4 is 0 Å². The lowest BCUT2D eigenvalue weighted by molar-refractivity contribution is 0.242. The minimum atomic E-state index is 0.218. The normalized spacial score (nSPS) is 21.5. The first kappa shape index (κ1) is 16.3. The van der Waals surface area contributed by atoms with Crippen LogP contribution in [0.3, 0.4) is 0 Å². The molecule has 1 saturated heterocycles. The van der Waals surface area contributed by atoms with E-state index in [1.165, 1.54) is 31.4 Å². The molecule has 1 aromatic carbocycles. The summed E-state index contributed by atoms with van der Waals surface area (Å²) in [7, 11) is 0. The quantitative estimate of drug-likeness (QED) is 0.804. The zero-order valence-corrected chi connectivity index (χ0v) is 13.9. The van der Waals surface area contributed by atoms with E-state index < -0.39 is 0 Å². The molecule has 1 aliphatic heterocycles. The third kappa shape index (κ3) is 5.33. The molecule has 3 nitrogen and oxygen atoms in total. The summed E-state index contributed by atoms with van der Waals surface area (Å²) >= 11 is 0. The van der Waals surface area contributed by atoms with E-state index in [0.29, 0.717) is 18.1 Å². The maximum Gasteiger partial charge on any atom is 0.120 e. The smallest absolute Gasteiger partial charge is 0.120 e. The predicted octanol–water partition coefficient (Wildman–Crippen LogP) is 3.66. The first-order valence-corrected chi connectivity index (χ1v) is 8.30. The largest absolute Gasteiger partial charge is 0.491 e. The van der Waals surface area contributed by atoms with Gasteiger partial charge in [0.25, 0.3) is 0 Å². The molecule has 2 rings (SSSR count). The number of hydrogen-bond donors (Lipinski definition) is 2. The number of nitrogens with one attached hydrogen (secondary N) is 2. The molecule has 0 aliphatic carbocycles. The van der Waals surface area contributed by atoms with Crippen LogP contribution in [0.1, 0.15) is 58.6 Å². The van der Waals surface area contributed by atoms with Gasteiger partial charge >= 0.3 is 0 Å². The summed E-state index contributed by atoms with van der Waals surface area (Å²) in [6.07, 6.45) is 4.06. The van der Waals surface area contributed by atoms with Crippen LogP contribution in [0.2, 0.25) is 0 Å². The third-order valence-electron chi connectivity index (χ3n) is 4.06. The summed E-state index contributed by atoms with van der Waals surface area (Å²) < 4.78 is 5.78. The molecule has 0 spiro atoms. The highest BCUT2D eigenvalue weighted by atomic mass is 16.5. The van der Waals surface area contributed by atoms with Crippen molar-refractivity contribution in [1.29, 1.82) is 0 Å². The molecule has 1 aromatic rings. The maximum atomic E-state index is 5.78. The fourth-order valence-corrected chi connectivity index (χ4v) is 3.11. The van der Waals surface area contributed by atoms with Gasteiger partial charge in [0.15, 0.2) is 0 Å². The van der Waals surface area contributed by atoms with Crippen molar-refractivity contribution < 1.29 is 4.74 Å². The second kappa shape index (κ2) is 7.81. The minimum absolute atomic E-state index is 0.218. The molecule has 21 heavy (non-hydrogen) atoms. The molecular formula is C18H30N2O. The first-order valence-electron chi connectivity index (χ1n) is 8.30. The molecule has 3 unspecified atom stereocenters. The molecule has 0 radical (unpaired) electrons. The van der Waals surface area contributed by atoms with Gasteiger partial charge in [-0.15, -0.1) is 0 Å². The van der Waals surface area contributed by atoms with Gasteiger partial charge in [0.1, 0.15) is 5.75 Å². The van der Waals surface area contributed by atoms with Crippen LogP contribution in [0.25, 0.3) is 0 Å². The highest BCUT2D eigenvalue weighted by Gasteiger charge is 2.18. The third-order valence-corrected chi connectivity index (χ3v) is 4.06. The van der Waals surface area contributed by atoms with Gasteiger partial charge in [0.05, 0.1) is 6.10 Å². The molecule has 1 fully saturated rings. The van der Waals surface area contributed by atoms with E-state index in [1.807, 2.05) is 6.07 Å². The molecule has 1 aliphatic rings. The first-order chi connectivity index (χ1) is 10.0. The Kier molecular flexibility index (Phi) is 6.07. The summed E-state index contributed by atoms with van der Waals surface area (Å²) in [6, 6.07) is 9.98. The van der Waals surface area contributed by atoms with Crippen LogP contribution >= 0.6 is 0 Å². The van der Waals surface area contributed by atoms with E-state index in [0.717, 1.165) is 5.75 Å². The fraction of sp³-hybridized carbons (Fsp3) is 0.667. The van der Waals surface area contributed by atoms with Gasteiger partial charge in [0.2, 0.25) is 0 Å². The lowest BCUT2D eigenvalue weighted by Crippen LogP contribution is -2.35. The molecule has 0 bridgehead atoms. The number of rotatable bonds is 7. The monoisotopic (exact) mass is 290 g/mol. The zero-order chi connectivity index (χ0) is 15.2. The molecule has 118 valence electrons. The zero-order valence-electron chi connectivity index (χ0n) is 13.9. The van der Waals surface area contributed by atoms with Gasteiger partial charge < -0.3 is 15.4 Å². The van der Waals surface area contributed by atoms with Gasteiger partial charge in [0, 0.05) is 18.1 Å². The van der Waals surface area contributed by atoms with Crippen molar-refractivity contribution in [3.63, 3.8) is 0 Å². The number of ether oxygens (including phenoxy) is 1. The van der Waals surface area contributed by atoms with Crippen LogP contribution in [-0.2, 0) is 0 Å². The van der Waals surface area contributed by atoms with E-state index in [2.05, 4.69) is 56.5 Å². The molecule has 0 amide bonds. The van der Waals surface area contributed by atoms with Gasteiger partial charge in [-0.3, -0.25) is 0 Å². The minimum Gasteiger partial charge on any atom is -0.491 e.